The molecular formula is C10H17NO3. The molecule has 1 N–H and O–H groups in total. The lowest BCUT2D eigenvalue weighted by molar-refractivity contribution is -0.234. The molecule has 0 bridgehead atoms. The maximum absolute atomic E-state index is 11.7. The van der Waals surface area contributed by atoms with E-state index in [0.29, 0.717) is 19.1 Å². The zero-order valence-electron chi connectivity index (χ0n) is 8.69. The summed E-state index contributed by atoms with van der Waals surface area (Å²) in [5, 5.41) is 8.84. The van der Waals surface area contributed by atoms with Gasteiger partial charge in [-0.15, -0.1) is 0 Å². The normalized spacial score (nSPS) is 35.1. The number of aliphatic hydroxyl groups excluding tert-OH is 1. The number of rotatable bonds is 2. The van der Waals surface area contributed by atoms with Crippen LogP contribution >= 0.6 is 0 Å². The van der Waals surface area contributed by atoms with Crippen LogP contribution in [0.25, 0.3) is 0 Å². The monoisotopic (exact) mass is 199 g/mol. The van der Waals surface area contributed by atoms with Gasteiger partial charge in [-0.25, -0.2) is 0 Å². The van der Waals surface area contributed by atoms with E-state index in [4.69, 9.17) is 9.84 Å². The molecule has 2 rings (SSSR count). The Kier molecular flexibility index (Phi) is 2.27. The maximum atomic E-state index is 11.7. The number of β-lactam (4-membered cyclic amide) rings is 1. The van der Waals surface area contributed by atoms with E-state index in [2.05, 4.69) is 0 Å². The molecule has 4 heteroatoms. The van der Waals surface area contributed by atoms with Gasteiger partial charge in [-0.1, -0.05) is 0 Å². The number of aliphatic hydroxyl groups is 1. The van der Waals surface area contributed by atoms with Crippen molar-refractivity contribution in [3.05, 3.63) is 0 Å². The minimum atomic E-state index is -0.452. The molecule has 0 spiro atoms. The first kappa shape index (κ1) is 9.93. The van der Waals surface area contributed by atoms with E-state index in [-0.39, 0.29) is 18.4 Å². The van der Waals surface area contributed by atoms with Crippen molar-refractivity contribution in [1.82, 2.24) is 4.90 Å². The predicted molar refractivity (Wildman–Crippen MR) is 50.5 cm³/mol. The number of carbonyl (C=O) groups excluding carboxylic acids is 1. The van der Waals surface area contributed by atoms with E-state index in [1.165, 1.54) is 0 Å². The van der Waals surface area contributed by atoms with Crippen LogP contribution < -0.4 is 0 Å². The largest absolute Gasteiger partial charge is 0.396 e. The third-order valence-corrected chi connectivity index (χ3v) is 3.24. The Bertz CT molecular complexity index is 252. The highest BCUT2D eigenvalue weighted by molar-refractivity contribution is 5.86. The lowest BCUT2D eigenvalue weighted by Gasteiger charge is -2.57. The van der Waals surface area contributed by atoms with Crippen LogP contribution in [-0.4, -0.2) is 40.9 Å². The number of carbonyl (C=O) groups is 1. The lowest BCUT2D eigenvalue weighted by atomic mass is 9.80. The number of hydrogen-bond donors (Lipinski definition) is 1. The Labute approximate surface area is 83.8 Å². The predicted octanol–water partition coefficient (Wildman–Crippen LogP) is 0.352. The topological polar surface area (TPSA) is 49.8 Å². The summed E-state index contributed by atoms with van der Waals surface area (Å²) in [5.74, 6) is 0.164. The van der Waals surface area contributed by atoms with Crippen molar-refractivity contribution in [2.45, 2.75) is 38.5 Å². The zero-order valence-corrected chi connectivity index (χ0v) is 8.69. The van der Waals surface area contributed by atoms with E-state index in [1.807, 2.05) is 18.7 Å². The molecule has 14 heavy (non-hydrogen) atoms. The average molecular weight is 199 g/mol. The second-order valence-electron chi connectivity index (χ2n) is 4.48. The molecule has 0 aliphatic carbocycles. The molecule has 0 aromatic carbocycles. The van der Waals surface area contributed by atoms with Crippen molar-refractivity contribution < 1.29 is 14.6 Å². The number of fused-ring (bicyclic) bond motifs is 1. The first-order chi connectivity index (χ1) is 6.58. The van der Waals surface area contributed by atoms with Gasteiger partial charge in [0, 0.05) is 12.6 Å². The van der Waals surface area contributed by atoms with E-state index in [1.54, 1.807) is 0 Å². The van der Waals surface area contributed by atoms with E-state index >= 15 is 0 Å². The van der Waals surface area contributed by atoms with Crippen LogP contribution in [0.5, 0.6) is 0 Å². The minimum Gasteiger partial charge on any atom is -0.396 e. The molecule has 0 aromatic rings. The fraction of sp³-hybridized carbons (Fsp3) is 0.900. The molecule has 2 aliphatic rings. The number of nitrogens with zero attached hydrogens (tertiary/aromatic N) is 1. The first-order valence-corrected chi connectivity index (χ1v) is 5.16. The maximum Gasteiger partial charge on any atom is 0.230 e. The summed E-state index contributed by atoms with van der Waals surface area (Å²) in [6.07, 6.45) is 1.50. The zero-order chi connectivity index (χ0) is 10.3. The molecule has 0 saturated carbocycles. The van der Waals surface area contributed by atoms with Crippen LogP contribution in [0.1, 0.15) is 26.7 Å². The molecule has 4 nitrogen and oxygen atoms in total. The van der Waals surface area contributed by atoms with Crippen molar-refractivity contribution in [3.8, 4) is 0 Å². The molecule has 0 radical (unpaired) electrons. The van der Waals surface area contributed by atoms with Crippen LogP contribution in [0, 0.1) is 5.92 Å². The lowest BCUT2D eigenvalue weighted by Crippen LogP contribution is -2.71. The number of ether oxygens (including phenoxy) is 1. The molecular weight excluding hydrogens is 182 g/mol. The van der Waals surface area contributed by atoms with Gasteiger partial charge in [-0.3, -0.25) is 4.79 Å². The van der Waals surface area contributed by atoms with E-state index in [9.17, 15) is 4.79 Å². The second-order valence-corrected chi connectivity index (χ2v) is 4.48. The molecule has 2 fully saturated rings. The molecule has 1 amide bonds. The van der Waals surface area contributed by atoms with Gasteiger partial charge in [0.05, 0.1) is 12.5 Å². The van der Waals surface area contributed by atoms with Crippen molar-refractivity contribution >= 4 is 5.91 Å². The third-order valence-electron chi connectivity index (χ3n) is 3.24. The minimum absolute atomic E-state index is 0.0307. The number of hydrogen-bond acceptors (Lipinski definition) is 3. The molecule has 2 atom stereocenters. The van der Waals surface area contributed by atoms with Gasteiger partial charge in [0.15, 0.2) is 0 Å². The summed E-state index contributed by atoms with van der Waals surface area (Å²) in [7, 11) is 0. The molecule has 2 heterocycles. The van der Waals surface area contributed by atoms with Crippen LogP contribution in [0.2, 0.25) is 0 Å². The second kappa shape index (κ2) is 3.21. The van der Waals surface area contributed by atoms with Crippen molar-refractivity contribution in [1.29, 1.82) is 0 Å². The van der Waals surface area contributed by atoms with E-state index in [0.717, 1.165) is 6.42 Å². The number of amides is 1. The quantitative estimate of drug-likeness (QED) is 0.653. The highest BCUT2D eigenvalue weighted by Gasteiger charge is 2.54. The fourth-order valence-electron chi connectivity index (χ4n) is 2.55. The Balaban J connectivity index is 2.09. The summed E-state index contributed by atoms with van der Waals surface area (Å²) in [4.78, 5) is 13.6. The summed E-state index contributed by atoms with van der Waals surface area (Å²) < 4.78 is 5.54. The van der Waals surface area contributed by atoms with Crippen LogP contribution in [0.15, 0.2) is 0 Å². The Morgan fingerprint density at radius 3 is 3.00 bits per heavy atom. The average Bonchev–Trinajstić information content (AvgIpc) is 2.12. The Morgan fingerprint density at radius 1 is 1.64 bits per heavy atom. The van der Waals surface area contributed by atoms with Crippen molar-refractivity contribution in [2.24, 2.45) is 5.92 Å². The smallest absolute Gasteiger partial charge is 0.230 e. The SMILES string of the molecule is CC1(C)OCCC2[C@H](CCO)C(=O)N21. The first-order valence-electron chi connectivity index (χ1n) is 5.16. The van der Waals surface area contributed by atoms with Crippen LogP contribution in [0.3, 0.4) is 0 Å². The van der Waals surface area contributed by atoms with Crippen molar-refractivity contribution in [2.75, 3.05) is 13.2 Å². The van der Waals surface area contributed by atoms with Crippen LogP contribution in [0.4, 0.5) is 0 Å². The summed E-state index contributed by atoms with van der Waals surface area (Å²) >= 11 is 0. The van der Waals surface area contributed by atoms with Crippen LogP contribution in [-0.2, 0) is 9.53 Å². The standard InChI is InChI=1S/C10H17NO3/c1-10(2)11-8(4-6-14-10)7(3-5-12)9(11)13/h7-8,12H,3-6H2,1-2H3/t7-,8?/m0/s1. The molecule has 2 saturated heterocycles. The fourth-order valence-corrected chi connectivity index (χ4v) is 2.55. The molecule has 80 valence electrons. The summed E-state index contributed by atoms with van der Waals surface area (Å²) in [6, 6.07) is 0.290. The highest BCUT2D eigenvalue weighted by atomic mass is 16.5. The van der Waals surface area contributed by atoms with Gasteiger partial charge in [-0.05, 0) is 26.7 Å². The van der Waals surface area contributed by atoms with Gasteiger partial charge in [0.2, 0.25) is 5.91 Å². The van der Waals surface area contributed by atoms with Gasteiger partial charge in [0.25, 0.3) is 0 Å². The summed E-state index contributed by atoms with van der Waals surface area (Å²) in [5.41, 5.74) is -0.452. The van der Waals surface area contributed by atoms with Crippen molar-refractivity contribution in [3.63, 3.8) is 0 Å². The molecule has 2 aliphatic heterocycles. The van der Waals surface area contributed by atoms with Gasteiger partial charge >= 0.3 is 0 Å². The van der Waals surface area contributed by atoms with E-state index < -0.39 is 5.72 Å². The molecule has 0 aromatic heterocycles. The third kappa shape index (κ3) is 1.25. The summed E-state index contributed by atoms with van der Waals surface area (Å²) in [6.45, 7) is 4.66. The molecule has 1 unspecified atom stereocenters. The Hall–Kier alpha value is -0.610. The van der Waals surface area contributed by atoms with Gasteiger partial charge in [0.1, 0.15) is 5.72 Å². The van der Waals surface area contributed by atoms with Gasteiger partial charge in [-0.2, -0.15) is 0 Å². The highest BCUT2D eigenvalue weighted by Crippen LogP contribution is 2.41. The Morgan fingerprint density at radius 2 is 2.36 bits per heavy atom. The van der Waals surface area contributed by atoms with Gasteiger partial charge < -0.3 is 14.7 Å².